The summed E-state index contributed by atoms with van der Waals surface area (Å²) in [5.41, 5.74) is 11.1. The highest BCUT2D eigenvalue weighted by molar-refractivity contribution is 5.84. The van der Waals surface area contributed by atoms with Crippen molar-refractivity contribution >= 4 is 22.9 Å². The highest BCUT2D eigenvalue weighted by Crippen LogP contribution is 2.26. The van der Waals surface area contributed by atoms with Gasteiger partial charge in [0.1, 0.15) is 0 Å². The van der Waals surface area contributed by atoms with Crippen LogP contribution in [-0.4, -0.2) is 31.6 Å². The van der Waals surface area contributed by atoms with Crippen molar-refractivity contribution in [2.45, 2.75) is 64.2 Å². The molecular weight excluding hydrogens is 414 g/mol. The van der Waals surface area contributed by atoms with Crippen LogP contribution in [0.5, 0.6) is 0 Å². The van der Waals surface area contributed by atoms with Crippen LogP contribution in [0, 0.1) is 0 Å². The fraction of sp³-hybridized carbons (Fsp3) is 0.400. The summed E-state index contributed by atoms with van der Waals surface area (Å²) in [6.07, 6.45) is 9.43. The van der Waals surface area contributed by atoms with Gasteiger partial charge in [-0.25, -0.2) is 4.98 Å². The van der Waals surface area contributed by atoms with Crippen molar-refractivity contribution in [3.8, 4) is 11.1 Å². The van der Waals surface area contributed by atoms with Crippen molar-refractivity contribution in [1.82, 2.24) is 19.5 Å². The molecule has 1 aliphatic rings. The van der Waals surface area contributed by atoms with Crippen molar-refractivity contribution in [3.63, 3.8) is 0 Å². The molecule has 0 amide bonds. The van der Waals surface area contributed by atoms with E-state index >= 15 is 0 Å². The second kappa shape index (κ2) is 9.23. The van der Waals surface area contributed by atoms with E-state index in [0.29, 0.717) is 24.6 Å². The Kier molecular flexibility index (Phi) is 6.00. The lowest BCUT2D eigenvalue weighted by molar-refractivity contribution is 0.410. The number of nitrogens with zero attached hydrogens (tertiary/aromatic N) is 4. The van der Waals surface area contributed by atoms with Crippen LogP contribution in [0.3, 0.4) is 0 Å². The zero-order valence-corrected chi connectivity index (χ0v) is 19.2. The van der Waals surface area contributed by atoms with Crippen molar-refractivity contribution < 1.29 is 4.42 Å². The van der Waals surface area contributed by atoms with Gasteiger partial charge in [0.05, 0.1) is 18.9 Å². The normalized spacial score (nSPS) is 18.7. The number of furan rings is 1. The average molecular weight is 446 g/mol. The lowest BCUT2D eigenvalue weighted by atomic mass is 9.92. The topological polar surface area (TPSA) is 107 Å². The molecule has 1 aliphatic carbocycles. The van der Waals surface area contributed by atoms with E-state index in [0.717, 1.165) is 59.4 Å². The third-order valence-electron chi connectivity index (χ3n) is 6.35. The van der Waals surface area contributed by atoms with Crippen LogP contribution in [-0.2, 0) is 6.54 Å². The molecule has 0 spiro atoms. The summed E-state index contributed by atoms with van der Waals surface area (Å²) in [4.78, 5) is 14.2. The number of nitrogens with one attached hydrogen (secondary N) is 2. The molecule has 1 fully saturated rings. The molecule has 0 radical (unpaired) electrons. The molecule has 0 aliphatic heterocycles. The molecule has 3 aromatic heterocycles. The van der Waals surface area contributed by atoms with Gasteiger partial charge in [-0.15, -0.1) is 0 Å². The van der Waals surface area contributed by atoms with Gasteiger partial charge in [-0.2, -0.15) is 9.97 Å². The first-order chi connectivity index (χ1) is 16.1. The molecule has 4 N–H and O–H groups in total. The second-order valence-electron chi connectivity index (χ2n) is 9.13. The highest BCUT2D eigenvalue weighted by atomic mass is 16.3. The third-order valence-corrected chi connectivity index (χ3v) is 6.35. The number of benzene rings is 1. The van der Waals surface area contributed by atoms with E-state index in [1.807, 2.05) is 12.4 Å². The Morgan fingerprint density at radius 3 is 2.55 bits per heavy atom. The quantitative estimate of drug-likeness (QED) is 0.369. The summed E-state index contributed by atoms with van der Waals surface area (Å²) in [5, 5.41) is 7.03. The molecule has 0 saturated heterocycles. The molecule has 1 saturated carbocycles. The molecule has 172 valence electrons. The van der Waals surface area contributed by atoms with Gasteiger partial charge in [0.25, 0.3) is 0 Å². The maximum atomic E-state index is 6.07. The molecule has 3 heterocycles. The minimum Gasteiger partial charge on any atom is -0.472 e. The van der Waals surface area contributed by atoms with E-state index in [-0.39, 0.29) is 6.04 Å². The number of rotatable bonds is 7. The van der Waals surface area contributed by atoms with E-state index in [1.54, 1.807) is 12.5 Å². The highest BCUT2D eigenvalue weighted by Gasteiger charge is 2.21. The van der Waals surface area contributed by atoms with Crippen molar-refractivity contribution in [1.29, 1.82) is 0 Å². The van der Waals surface area contributed by atoms with Crippen LogP contribution in [0.4, 0.5) is 11.8 Å². The van der Waals surface area contributed by atoms with Crippen LogP contribution in [0.1, 0.15) is 51.1 Å². The Bertz CT molecular complexity index is 1190. The van der Waals surface area contributed by atoms with E-state index in [2.05, 4.69) is 58.3 Å². The third kappa shape index (κ3) is 4.71. The first-order valence-corrected chi connectivity index (χ1v) is 11.7. The van der Waals surface area contributed by atoms with E-state index < -0.39 is 0 Å². The molecule has 8 heteroatoms. The molecular formula is C25H31N7O. The first kappa shape index (κ1) is 21.5. The number of imidazole rings is 1. The van der Waals surface area contributed by atoms with Crippen molar-refractivity contribution in [3.05, 3.63) is 54.7 Å². The van der Waals surface area contributed by atoms with E-state index in [1.165, 1.54) is 0 Å². The van der Waals surface area contributed by atoms with E-state index in [9.17, 15) is 0 Å². The lowest BCUT2D eigenvalue weighted by Crippen LogP contribution is -2.33. The predicted molar refractivity (Wildman–Crippen MR) is 131 cm³/mol. The number of hydrogen-bond acceptors (Lipinski definition) is 7. The number of aromatic nitrogens is 4. The smallest absolute Gasteiger partial charge is 0.227 e. The maximum Gasteiger partial charge on any atom is 0.227 e. The molecule has 5 rings (SSSR count). The molecule has 33 heavy (non-hydrogen) atoms. The van der Waals surface area contributed by atoms with Crippen LogP contribution < -0.4 is 16.4 Å². The van der Waals surface area contributed by atoms with Crippen LogP contribution in [0.25, 0.3) is 22.3 Å². The van der Waals surface area contributed by atoms with Gasteiger partial charge < -0.3 is 25.4 Å². The minimum absolute atomic E-state index is 0.258. The Morgan fingerprint density at radius 1 is 1.06 bits per heavy atom. The largest absolute Gasteiger partial charge is 0.472 e. The maximum absolute atomic E-state index is 6.07. The fourth-order valence-corrected chi connectivity index (χ4v) is 4.36. The van der Waals surface area contributed by atoms with Gasteiger partial charge in [-0.3, -0.25) is 0 Å². The van der Waals surface area contributed by atoms with Crippen molar-refractivity contribution in [2.75, 3.05) is 10.6 Å². The molecule has 8 nitrogen and oxygen atoms in total. The first-order valence-electron chi connectivity index (χ1n) is 11.7. The number of nitrogens with two attached hydrogens (primary N) is 1. The summed E-state index contributed by atoms with van der Waals surface area (Å²) in [7, 11) is 0. The monoisotopic (exact) mass is 445 g/mol. The van der Waals surface area contributed by atoms with Crippen LogP contribution in [0.15, 0.2) is 53.6 Å². The number of fused-ring (bicyclic) bond motifs is 1. The number of hydrogen-bond donors (Lipinski definition) is 3. The Balaban J connectivity index is 1.37. The Labute approximate surface area is 193 Å². The van der Waals surface area contributed by atoms with E-state index in [4.69, 9.17) is 20.1 Å². The van der Waals surface area contributed by atoms with Gasteiger partial charge in [0.2, 0.25) is 5.95 Å². The summed E-state index contributed by atoms with van der Waals surface area (Å²) in [5.74, 6) is 1.39. The Morgan fingerprint density at radius 2 is 1.85 bits per heavy atom. The summed E-state index contributed by atoms with van der Waals surface area (Å²) >= 11 is 0. The standard InChI is InChI=1S/C25H31N7O/c1-16(2)32-15-28-22-23(27-13-17-3-5-18(6-4-17)19-11-12-33-14-19)30-25(31-24(22)32)29-21-9-7-20(26)8-10-21/h3-6,11-12,14-16,20-21H,7-10,13,26H2,1-2H3,(H2,27,29,30,31). The minimum atomic E-state index is 0.258. The van der Waals surface area contributed by atoms with Gasteiger partial charge in [-0.1, -0.05) is 24.3 Å². The lowest BCUT2D eigenvalue weighted by Gasteiger charge is -2.27. The van der Waals surface area contributed by atoms with Crippen LogP contribution in [0.2, 0.25) is 0 Å². The van der Waals surface area contributed by atoms with Gasteiger partial charge in [-0.05, 0) is 56.7 Å². The van der Waals surface area contributed by atoms with Gasteiger partial charge in [0, 0.05) is 30.2 Å². The second-order valence-corrected chi connectivity index (χ2v) is 9.13. The van der Waals surface area contributed by atoms with Gasteiger partial charge >= 0.3 is 0 Å². The van der Waals surface area contributed by atoms with Crippen molar-refractivity contribution in [2.24, 2.45) is 5.73 Å². The molecule has 4 aromatic rings. The molecule has 0 unspecified atom stereocenters. The molecule has 1 aromatic carbocycles. The summed E-state index contributed by atoms with van der Waals surface area (Å²) < 4.78 is 7.27. The number of anilines is 2. The summed E-state index contributed by atoms with van der Waals surface area (Å²) in [6, 6.07) is 11.3. The predicted octanol–water partition coefficient (Wildman–Crippen LogP) is 4.96. The fourth-order valence-electron chi connectivity index (χ4n) is 4.36. The Hall–Kier alpha value is -3.39. The van der Waals surface area contributed by atoms with Crippen LogP contribution >= 0.6 is 0 Å². The summed E-state index contributed by atoms with van der Waals surface area (Å²) in [6.45, 7) is 4.91. The zero-order valence-electron chi connectivity index (χ0n) is 19.2. The SMILES string of the molecule is CC(C)n1cnc2c(NCc3ccc(-c4ccoc4)cc3)nc(NC3CCC(N)CC3)nc21. The zero-order chi connectivity index (χ0) is 22.8. The van der Waals surface area contributed by atoms with Gasteiger partial charge in [0.15, 0.2) is 17.0 Å². The molecule has 0 atom stereocenters. The molecule has 0 bridgehead atoms. The average Bonchev–Trinajstić information content (AvgIpc) is 3.50.